The van der Waals surface area contributed by atoms with E-state index in [2.05, 4.69) is 10.3 Å². The third-order valence-electron chi connectivity index (χ3n) is 4.92. The monoisotopic (exact) mass is 270 g/mol. The van der Waals surface area contributed by atoms with Crippen molar-refractivity contribution >= 4 is 16.9 Å². The molecule has 3 aliphatic rings. The van der Waals surface area contributed by atoms with E-state index >= 15 is 0 Å². The van der Waals surface area contributed by atoms with Gasteiger partial charge in [-0.2, -0.15) is 0 Å². The SMILES string of the molecule is NC(=O)c1cccc2[nH]c(C34CCC(CC3)CN4)nc12. The summed E-state index contributed by atoms with van der Waals surface area (Å²) in [5.41, 5.74) is 7.47. The molecule has 2 aliphatic heterocycles. The molecule has 5 nitrogen and oxygen atoms in total. The average molecular weight is 270 g/mol. The molecule has 2 saturated heterocycles. The number of imidazole rings is 1. The lowest BCUT2D eigenvalue weighted by atomic mass is 9.72. The fourth-order valence-electron chi connectivity index (χ4n) is 3.67. The van der Waals surface area contributed by atoms with Crippen LogP contribution in [-0.2, 0) is 5.54 Å². The third kappa shape index (κ3) is 1.59. The molecule has 0 atom stereocenters. The van der Waals surface area contributed by atoms with Crippen LogP contribution in [0.1, 0.15) is 41.9 Å². The molecule has 1 aliphatic carbocycles. The van der Waals surface area contributed by atoms with Crippen LogP contribution in [0.2, 0.25) is 0 Å². The van der Waals surface area contributed by atoms with E-state index in [1.54, 1.807) is 6.07 Å². The average Bonchev–Trinajstić information content (AvgIpc) is 2.93. The Morgan fingerprint density at radius 2 is 2.15 bits per heavy atom. The van der Waals surface area contributed by atoms with E-state index in [1.165, 1.54) is 12.8 Å². The number of aromatic amines is 1. The maximum atomic E-state index is 11.5. The van der Waals surface area contributed by atoms with Gasteiger partial charge in [0, 0.05) is 0 Å². The number of carbonyl (C=O) groups excluding carboxylic acids is 1. The molecule has 104 valence electrons. The molecule has 2 aromatic rings. The van der Waals surface area contributed by atoms with Gasteiger partial charge in [0.15, 0.2) is 0 Å². The van der Waals surface area contributed by atoms with E-state index < -0.39 is 5.91 Å². The molecule has 3 heterocycles. The van der Waals surface area contributed by atoms with E-state index in [9.17, 15) is 4.79 Å². The van der Waals surface area contributed by atoms with Crippen molar-refractivity contribution in [2.45, 2.75) is 31.2 Å². The molecule has 1 saturated carbocycles. The first-order chi connectivity index (χ1) is 9.68. The van der Waals surface area contributed by atoms with Crippen molar-refractivity contribution in [1.29, 1.82) is 0 Å². The first kappa shape index (κ1) is 11.9. The first-order valence-corrected chi connectivity index (χ1v) is 7.22. The van der Waals surface area contributed by atoms with Gasteiger partial charge < -0.3 is 16.0 Å². The molecule has 0 radical (unpaired) electrons. The van der Waals surface area contributed by atoms with Gasteiger partial charge in [0.1, 0.15) is 11.3 Å². The highest BCUT2D eigenvalue weighted by molar-refractivity contribution is 6.04. The lowest BCUT2D eigenvalue weighted by Crippen LogP contribution is -2.53. The van der Waals surface area contributed by atoms with E-state index in [-0.39, 0.29) is 5.54 Å². The number of carbonyl (C=O) groups is 1. The van der Waals surface area contributed by atoms with E-state index in [4.69, 9.17) is 10.7 Å². The number of fused-ring (bicyclic) bond motifs is 4. The number of primary amides is 1. The number of aromatic nitrogens is 2. The maximum Gasteiger partial charge on any atom is 0.250 e. The second-order valence-corrected chi connectivity index (χ2v) is 6.06. The summed E-state index contributed by atoms with van der Waals surface area (Å²) in [5, 5.41) is 3.65. The van der Waals surface area contributed by atoms with Gasteiger partial charge in [0.05, 0.1) is 16.6 Å². The number of nitrogens with two attached hydrogens (primary N) is 1. The number of piperidine rings is 2. The topological polar surface area (TPSA) is 83.8 Å². The van der Waals surface area contributed by atoms with Crippen LogP contribution in [0.5, 0.6) is 0 Å². The molecule has 20 heavy (non-hydrogen) atoms. The fraction of sp³-hybridized carbons (Fsp3) is 0.467. The number of hydrogen-bond acceptors (Lipinski definition) is 3. The summed E-state index contributed by atoms with van der Waals surface area (Å²) in [7, 11) is 0. The van der Waals surface area contributed by atoms with Gasteiger partial charge in [-0.1, -0.05) is 6.07 Å². The van der Waals surface area contributed by atoms with Gasteiger partial charge >= 0.3 is 0 Å². The standard InChI is InChI=1S/C15H18N4O/c16-13(20)10-2-1-3-11-12(10)19-14(18-11)15-6-4-9(5-7-15)8-17-15/h1-3,9,17H,4-8H2,(H2,16,20)(H,18,19). The molecule has 2 bridgehead atoms. The Bertz CT molecular complexity index is 668. The molecule has 3 fully saturated rings. The summed E-state index contributed by atoms with van der Waals surface area (Å²) in [4.78, 5) is 19.6. The van der Waals surface area contributed by atoms with Crippen molar-refractivity contribution in [2.24, 2.45) is 11.7 Å². The molecule has 1 amide bonds. The van der Waals surface area contributed by atoms with Gasteiger partial charge in [-0.25, -0.2) is 4.98 Å². The van der Waals surface area contributed by atoms with Gasteiger partial charge in [-0.3, -0.25) is 4.79 Å². The van der Waals surface area contributed by atoms with Crippen LogP contribution in [0.3, 0.4) is 0 Å². The lowest BCUT2D eigenvalue weighted by molar-refractivity contribution is 0.100. The van der Waals surface area contributed by atoms with Crippen molar-refractivity contribution in [2.75, 3.05) is 6.54 Å². The number of benzene rings is 1. The number of hydrogen-bond donors (Lipinski definition) is 3. The zero-order valence-corrected chi connectivity index (χ0v) is 11.3. The minimum Gasteiger partial charge on any atom is -0.366 e. The van der Waals surface area contributed by atoms with Crippen LogP contribution in [0.15, 0.2) is 18.2 Å². The smallest absolute Gasteiger partial charge is 0.250 e. The molecule has 4 N–H and O–H groups in total. The van der Waals surface area contributed by atoms with Crippen LogP contribution in [0.4, 0.5) is 0 Å². The number of para-hydroxylation sites is 1. The molecule has 5 heteroatoms. The number of H-pyrrole nitrogens is 1. The summed E-state index contributed by atoms with van der Waals surface area (Å²) in [6.45, 7) is 1.07. The van der Waals surface area contributed by atoms with E-state index in [0.29, 0.717) is 11.1 Å². The molecular formula is C15H18N4O. The Balaban J connectivity index is 1.85. The van der Waals surface area contributed by atoms with Crippen LogP contribution >= 0.6 is 0 Å². The highest BCUT2D eigenvalue weighted by Crippen LogP contribution is 2.42. The summed E-state index contributed by atoms with van der Waals surface area (Å²) in [6.07, 6.45) is 4.74. The molecule has 0 unspecified atom stereocenters. The van der Waals surface area contributed by atoms with Gasteiger partial charge in [-0.15, -0.1) is 0 Å². The minimum atomic E-state index is -0.425. The highest BCUT2D eigenvalue weighted by atomic mass is 16.1. The van der Waals surface area contributed by atoms with Crippen molar-refractivity contribution in [3.63, 3.8) is 0 Å². The molecule has 5 rings (SSSR count). The zero-order valence-electron chi connectivity index (χ0n) is 11.3. The largest absolute Gasteiger partial charge is 0.366 e. The van der Waals surface area contributed by atoms with Crippen molar-refractivity contribution in [3.8, 4) is 0 Å². The number of nitrogens with zero attached hydrogens (tertiary/aromatic N) is 1. The fourth-order valence-corrected chi connectivity index (χ4v) is 3.67. The zero-order chi connectivity index (χ0) is 13.7. The molecule has 0 spiro atoms. The Morgan fingerprint density at radius 1 is 1.35 bits per heavy atom. The van der Waals surface area contributed by atoms with Crippen LogP contribution in [-0.4, -0.2) is 22.4 Å². The first-order valence-electron chi connectivity index (χ1n) is 7.22. The lowest BCUT2D eigenvalue weighted by Gasteiger charge is -2.46. The normalized spacial score (nSPS) is 28.9. The van der Waals surface area contributed by atoms with Crippen LogP contribution < -0.4 is 11.1 Å². The molecular weight excluding hydrogens is 252 g/mol. The molecule has 1 aromatic heterocycles. The predicted octanol–water partition coefficient (Wildman–Crippen LogP) is 1.65. The molecule has 1 aromatic carbocycles. The van der Waals surface area contributed by atoms with Crippen LogP contribution in [0.25, 0.3) is 11.0 Å². The Morgan fingerprint density at radius 3 is 2.80 bits per heavy atom. The Labute approximate surface area is 117 Å². The van der Waals surface area contributed by atoms with E-state index in [0.717, 1.165) is 36.6 Å². The quantitative estimate of drug-likeness (QED) is 0.776. The second kappa shape index (κ2) is 4.06. The van der Waals surface area contributed by atoms with Crippen molar-refractivity contribution in [3.05, 3.63) is 29.6 Å². The number of rotatable bonds is 2. The summed E-state index contributed by atoms with van der Waals surface area (Å²) in [6, 6.07) is 5.52. The minimum absolute atomic E-state index is 0.0390. The Kier molecular flexibility index (Phi) is 2.41. The van der Waals surface area contributed by atoms with Crippen LogP contribution in [0, 0.1) is 5.92 Å². The van der Waals surface area contributed by atoms with E-state index in [1.807, 2.05) is 12.1 Å². The second-order valence-electron chi connectivity index (χ2n) is 6.06. The summed E-state index contributed by atoms with van der Waals surface area (Å²) in [5.74, 6) is 1.35. The Hall–Kier alpha value is -1.88. The maximum absolute atomic E-state index is 11.5. The van der Waals surface area contributed by atoms with Crippen molar-refractivity contribution < 1.29 is 4.79 Å². The summed E-state index contributed by atoms with van der Waals surface area (Å²) >= 11 is 0. The number of nitrogens with one attached hydrogen (secondary N) is 2. The van der Waals surface area contributed by atoms with Gasteiger partial charge in [0.25, 0.3) is 5.91 Å². The highest BCUT2D eigenvalue weighted by Gasteiger charge is 2.43. The third-order valence-corrected chi connectivity index (χ3v) is 4.92. The number of amides is 1. The van der Waals surface area contributed by atoms with Crippen molar-refractivity contribution in [1.82, 2.24) is 15.3 Å². The summed E-state index contributed by atoms with van der Waals surface area (Å²) < 4.78 is 0. The predicted molar refractivity (Wildman–Crippen MR) is 76.3 cm³/mol. The van der Waals surface area contributed by atoms with Gasteiger partial charge in [0.2, 0.25) is 0 Å². The van der Waals surface area contributed by atoms with Gasteiger partial charge in [-0.05, 0) is 50.3 Å².